The molecule has 2 N–H and O–H groups in total. The lowest BCUT2D eigenvalue weighted by Crippen LogP contribution is -2.24. The fourth-order valence-corrected chi connectivity index (χ4v) is 3.29. The number of carbonyl (C=O) groups is 1. The van der Waals surface area contributed by atoms with Gasteiger partial charge in [0, 0.05) is 28.0 Å². The molecule has 1 amide bonds. The SMILES string of the molecule is O=C(NCc1cccc2c1OCCO2)c1[nH]c2ccc(Cl)cc2c1Cl. The highest BCUT2D eigenvalue weighted by Crippen LogP contribution is 2.34. The van der Waals surface area contributed by atoms with Crippen LogP contribution >= 0.6 is 23.2 Å². The smallest absolute Gasteiger partial charge is 0.269 e. The van der Waals surface area contributed by atoms with Crippen LogP contribution in [0.1, 0.15) is 16.1 Å². The van der Waals surface area contributed by atoms with E-state index in [2.05, 4.69) is 10.3 Å². The Kier molecular flexibility index (Phi) is 4.19. The zero-order chi connectivity index (χ0) is 17.4. The Bertz CT molecular complexity index is 968. The zero-order valence-corrected chi connectivity index (χ0v) is 14.6. The Morgan fingerprint density at radius 1 is 1.16 bits per heavy atom. The number of nitrogens with one attached hydrogen (secondary N) is 2. The molecule has 128 valence electrons. The summed E-state index contributed by atoms with van der Waals surface area (Å²) in [5.41, 5.74) is 1.91. The van der Waals surface area contributed by atoms with Crippen molar-refractivity contribution in [2.75, 3.05) is 13.2 Å². The quantitative estimate of drug-likeness (QED) is 0.720. The molecule has 0 bridgehead atoms. The van der Waals surface area contributed by atoms with E-state index in [-0.39, 0.29) is 5.91 Å². The molecule has 0 fully saturated rings. The van der Waals surface area contributed by atoms with Crippen molar-refractivity contribution in [3.8, 4) is 11.5 Å². The van der Waals surface area contributed by atoms with Gasteiger partial charge in [-0.3, -0.25) is 4.79 Å². The molecule has 1 aromatic heterocycles. The van der Waals surface area contributed by atoms with Gasteiger partial charge in [-0.1, -0.05) is 35.3 Å². The summed E-state index contributed by atoms with van der Waals surface area (Å²) in [4.78, 5) is 15.6. The number of hydrogen-bond acceptors (Lipinski definition) is 3. The minimum Gasteiger partial charge on any atom is -0.486 e. The van der Waals surface area contributed by atoms with Gasteiger partial charge in [-0.15, -0.1) is 0 Å². The van der Waals surface area contributed by atoms with Gasteiger partial charge < -0.3 is 19.8 Å². The molecule has 2 aromatic carbocycles. The van der Waals surface area contributed by atoms with Crippen molar-refractivity contribution in [3.05, 3.63) is 57.7 Å². The van der Waals surface area contributed by atoms with E-state index in [0.29, 0.717) is 52.4 Å². The van der Waals surface area contributed by atoms with Gasteiger partial charge in [0.15, 0.2) is 11.5 Å². The van der Waals surface area contributed by atoms with Crippen LogP contribution in [0.2, 0.25) is 10.0 Å². The molecule has 2 heterocycles. The van der Waals surface area contributed by atoms with Crippen molar-refractivity contribution < 1.29 is 14.3 Å². The Labute approximate surface area is 153 Å². The summed E-state index contributed by atoms with van der Waals surface area (Å²) in [6, 6.07) is 10.9. The third-order valence-corrected chi connectivity index (χ3v) is 4.64. The largest absolute Gasteiger partial charge is 0.486 e. The lowest BCUT2D eigenvalue weighted by atomic mass is 10.1. The van der Waals surface area contributed by atoms with Crippen molar-refractivity contribution in [1.29, 1.82) is 0 Å². The molecule has 1 aliphatic rings. The van der Waals surface area contributed by atoms with Crippen LogP contribution in [0.25, 0.3) is 10.9 Å². The standard InChI is InChI=1S/C18H14Cl2N2O3/c19-11-4-5-13-12(8-11)15(20)16(22-13)18(23)21-9-10-2-1-3-14-17(10)25-7-6-24-14/h1-5,8,22H,6-7,9H2,(H,21,23). The van der Waals surface area contributed by atoms with Crippen molar-refractivity contribution in [2.24, 2.45) is 0 Å². The van der Waals surface area contributed by atoms with E-state index < -0.39 is 0 Å². The van der Waals surface area contributed by atoms with Crippen LogP contribution in [0, 0.1) is 0 Å². The topological polar surface area (TPSA) is 63.4 Å². The molecule has 0 aliphatic carbocycles. The number of amides is 1. The highest BCUT2D eigenvalue weighted by atomic mass is 35.5. The maximum atomic E-state index is 12.5. The highest BCUT2D eigenvalue weighted by Gasteiger charge is 2.19. The summed E-state index contributed by atoms with van der Waals surface area (Å²) in [7, 11) is 0. The van der Waals surface area contributed by atoms with Crippen molar-refractivity contribution in [3.63, 3.8) is 0 Å². The lowest BCUT2D eigenvalue weighted by molar-refractivity contribution is 0.0946. The predicted octanol–water partition coefficient (Wildman–Crippen LogP) is 4.18. The summed E-state index contributed by atoms with van der Waals surface area (Å²) >= 11 is 12.3. The molecule has 25 heavy (non-hydrogen) atoms. The second kappa shape index (κ2) is 6.50. The van der Waals surface area contributed by atoms with Crippen LogP contribution in [-0.4, -0.2) is 24.1 Å². The van der Waals surface area contributed by atoms with Gasteiger partial charge in [-0.25, -0.2) is 0 Å². The molecule has 1 aliphatic heterocycles. The normalized spacial score (nSPS) is 13.0. The average Bonchev–Trinajstić information content (AvgIpc) is 2.96. The van der Waals surface area contributed by atoms with Crippen LogP contribution in [0.3, 0.4) is 0 Å². The summed E-state index contributed by atoms with van der Waals surface area (Å²) in [6.45, 7) is 1.32. The molecule has 0 spiro atoms. The second-order valence-corrected chi connectivity index (χ2v) is 6.44. The molecule has 7 heteroatoms. The van der Waals surface area contributed by atoms with Gasteiger partial charge >= 0.3 is 0 Å². The van der Waals surface area contributed by atoms with E-state index in [1.807, 2.05) is 18.2 Å². The molecule has 0 unspecified atom stereocenters. The number of hydrogen-bond donors (Lipinski definition) is 2. The van der Waals surface area contributed by atoms with Gasteiger partial charge in [0.1, 0.15) is 18.9 Å². The summed E-state index contributed by atoms with van der Waals surface area (Å²) in [6.07, 6.45) is 0. The minimum absolute atomic E-state index is 0.299. The number of rotatable bonds is 3. The Morgan fingerprint density at radius 2 is 2.00 bits per heavy atom. The average molecular weight is 377 g/mol. The number of para-hydroxylation sites is 1. The number of aromatic amines is 1. The number of carbonyl (C=O) groups excluding carboxylic acids is 1. The van der Waals surface area contributed by atoms with E-state index in [4.69, 9.17) is 32.7 Å². The van der Waals surface area contributed by atoms with Crippen LogP contribution in [0.4, 0.5) is 0 Å². The maximum absolute atomic E-state index is 12.5. The number of fused-ring (bicyclic) bond motifs is 2. The summed E-state index contributed by atoms with van der Waals surface area (Å²) < 4.78 is 11.2. The maximum Gasteiger partial charge on any atom is 0.269 e. The molecular formula is C18H14Cl2N2O3. The third-order valence-electron chi connectivity index (χ3n) is 4.01. The van der Waals surface area contributed by atoms with Crippen molar-refractivity contribution in [1.82, 2.24) is 10.3 Å². The monoisotopic (exact) mass is 376 g/mol. The van der Waals surface area contributed by atoms with Gasteiger partial charge in [-0.05, 0) is 24.3 Å². The first-order valence-electron chi connectivity index (χ1n) is 7.76. The van der Waals surface area contributed by atoms with E-state index in [9.17, 15) is 4.79 Å². The van der Waals surface area contributed by atoms with Gasteiger partial charge in [-0.2, -0.15) is 0 Å². The van der Waals surface area contributed by atoms with Gasteiger partial charge in [0.25, 0.3) is 5.91 Å². The first-order chi connectivity index (χ1) is 12.1. The van der Waals surface area contributed by atoms with Crippen LogP contribution in [0.15, 0.2) is 36.4 Å². The van der Waals surface area contributed by atoms with E-state index in [0.717, 1.165) is 11.1 Å². The lowest BCUT2D eigenvalue weighted by Gasteiger charge is -2.21. The zero-order valence-electron chi connectivity index (χ0n) is 13.1. The number of benzene rings is 2. The van der Waals surface area contributed by atoms with Crippen LogP contribution < -0.4 is 14.8 Å². The van der Waals surface area contributed by atoms with Gasteiger partial charge in [0.05, 0.1) is 5.02 Å². The molecule has 0 atom stereocenters. The molecule has 0 saturated carbocycles. The van der Waals surface area contributed by atoms with Crippen LogP contribution in [-0.2, 0) is 6.54 Å². The fraction of sp³-hybridized carbons (Fsp3) is 0.167. The molecule has 4 rings (SSSR count). The number of ether oxygens (including phenoxy) is 2. The molecular weight excluding hydrogens is 363 g/mol. The van der Waals surface area contributed by atoms with E-state index in [1.54, 1.807) is 18.2 Å². The second-order valence-electron chi connectivity index (χ2n) is 5.63. The highest BCUT2D eigenvalue weighted by molar-refractivity contribution is 6.39. The minimum atomic E-state index is -0.299. The van der Waals surface area contributed by atoms with E-state index >= 15 is 0 Å². The first-order valence-corrected chi connectivity index (χ1v) is 8.51. The fourth-order valence-electron chi connectivity index (χ4n) is 2.82. The molecule has 5 nitrogen and oxygen atoms in total. The molecule has 0 radical (unpaired) electrons. The Morgan fingerprint density at radius 3 is 2.88 bits per heavy atom. The number of halogens is 2. The predicted molar refractivity (Wildman–Crippen MR) is 96.9 cm³/mol. The Hall–Kier alpha value is -2.37. The third kappa shape index (κ3) is 3.01. The first kappa shape index (κ1) is 16.1. The molecule has 3 aromatic rings. The van der Waals surface area contributed by atoms with Crippen molar-refractivity contribution in [2.45, 2.75) is 6.54 Å². The summed E-state index contributed by atoms with van der Waals surface area (Å²) in [5.74, 6) is 1.06. The molecule has 0 saturated heterocycles. The summed E-state index contributed by atoms with van der Waals surface area (Å²) in [5, 5.41) is 4.49. The number of aromatic nitrogens is 1. The van der Waals surface area contributed by atoms with Crippen molar-refractivity contribution >= 4 is 40.0 Å². The van der Waals surface area contributed by atoms with Gasteiger partial charge in [0.2, 0.25) is 0 Å². The van der Waals surface area contributed by atoms with E-state index in [1.165, 1.54) is 0 Å². The number of H-pyrrole nitrogens is 1. The Balaban J connectivity index is 1.56. The van der Waals surface area contributed by atoms with Crippen LogP contribution in [0.5, 0.6) is 11.5 Å².